The van der Waals surface area contributed by atoms with Gasteiger partial charge in [-0.3, -0.25) is 0 Å². The van der Waals surface area contributed by atoms with E-state index in [2.05, 4.69) is 0 Å². The summed E-state index contributed by atoms with van der Waals surface area (Å²) in [5.74, 6) is -0.186. The third kappa shape index (κ3) is 3.27. The molecule has 17 heavy (non-hydrogen) atoms. The summed E-state index contributed by atoms with van der Waals surface area (Å²) in [5.41, 5.74) is 8.26. The largest absolute Gasteiger partial charge is 0.377 e. The lowest BCUT2D eigenvalue weighted by atomic mass is 9.95. The molecule has 1 heterocycles. The molecule has 1 aromatic rings. The monoisotopic (exact) mass is 237 g/mol. The number of benzene rings is 1. The van der Waals surface area contributed by atoms with Crippen LogP contribution in [0.4, 0.5) is 4.39 Å². The predicted octanol–water partition coefficient (Wildman–Crippen LogP) is 2.57. The van der Waals surface area contributed by atoms with E-state index in [1.54, 1.807) is 6.07 Å². The minimum absolute atomic E-state index is 0.0134. The van der Waals surface area contributed by atoms with Crippen molar-refractivity contribution in [2.45, 2.75) is 44.8 Å². The Balaban J connectivity index is 1.99. The second kappa shape index (κ2) is 5.61. The summed E-state index contributed by atoms with van der Waals surface area (Å²) in [6, 6.07) is 4.90. The molecule has 0 spiro atoms. The highest BCUT2D eigenvalue weighted by Crippen LogP contribution is 2.19. The van der Waals surface area contributed by atoms with Crippen LogP contribution in [0.3, 0.4) is 0 Å². The predicted molar refractivity (Wildman–Crippen MR) is 66.4 cm³/mol. The molecule has 0 saturated carbocycles. The van der Waals surface area contributed by atoms with Crippen molar-refractivity contribution in [3.05, 3.63) is 35.1 Å². The first kappa shape index (κ1) is 12.5. The third-order valence-electron chi connectivity index (χ3n) is 3.45. The van der Waals surface area contributed by atoms with E-state index in [0.717, 1.165) is 37.0 Å². The highest BCUT2D eigenvalue weighted by Gasteiger charge is 2.21. The average Bonchev–Trinajstić information content (AvgIpc) is 2.34. The first-order valence-electron chi connectivity index (χ1n) is 6.29. The molecule has 2 atom stereocenters. The Morgan fingerprint density at radius 1 is 1.47 bits per heavy atom. The second-order valence-electron chi connectivity index (χ2n) is 4.84. The summed E-state index contributed by atoms with van der Waals surface area (Å²) in [6.45, 7) is 2.74. The lowest BCUT2D eigenvalue weighted by molar-refractivity contribution is 0.000612. The molecule has 1 fully saturated rings. The molecule has 0 aliphatic carbocycles. The minimum atomic E-state index is -0.186. The zero-order valence-corrected chi connectivity index (χ0v) is 10.3. The van der Waals surface area contributed by atoms with Gasteiger partial charge in [-0.2, -0.15) is 0 Å². The van der Waals surface area contributed by atoms with Crippen LogP contribution >= 0.6 is 0 Å². The molecule has 2 unspecified atom stereocenters. The molecule has 1 aliphatic rings. The van der Waals surface area contributed by atoms with Crippen molar-refractivity contribution in [1.29, 1.82) is 0 Å². The van der Waals surface area contributed by atoms with Gasteiger partial charge in [0.15, 0.2) is 0 Å². The summed E-state index contributed by atoms with van der Waals surface area (Å²) in [6.07, 6.45) is 4.30. The first-order valence-corrected chi connectivity index (χ1v) is 6.29. The SMILES string of the molecule is Cc1cc(F)ccc1CC(N)C1CCCCO1. The fraction of sp³-hybridized carbons (Fsp3) is 0.571. The van der Waals surface area contributed by atoms with Gasteiger partial charge in [-0.1, -0.05) is 6.07 Å². The quantitative estimate of drug-likeness (QED) is 0.877. The topological polar surface area (TPSA) is 35.2 Å². The van der Waals surface area contributed by atoms with Gasteiger partial charge in [0.25, 0.3) is 0 Å². The fourth-order valence-corrected chi connectivity index (χ4v) is 2.38. The summed E-state index contributed by atoms with van der Waals surface area (Å²) >= 11 is 0. The van der Waals surface area contributed by atoms with Crippen LogP contribution in [0.15, 0.2) is 18.2 Å². The molecule has 1 aliphatic heterocycles. The van der Waals surface area contributed by atoms with Crippen molar-refractivity contribution in [2.75, 3.05) is 6.61 Å². The molecule has 2 N–H and O–H groups in total. The van der Waals surface area contributed by atoms with Crippen LogP contribution in [0.5, 0.6) is 0 Å². The molecule has 3 heteroatoms. The van der Waals surface area contributed by atoms with Gasteiger partial charge < -0.3 is 10.5 Å². The van der Waals surface area contributed by atoms with Crippen LogP contribution in [-0.2, 0) is 11.2 Å². The molecular weight excluding hydrogens is 217 g/mol. The van der Waals surface area contributed by atoms with Gasteiger partial charge >= 0.3 is 0 Å². The molecule has 0 amide bonds. The van der Waals surface area contributed by atoms with Crippen molar-refractivity contribution in [3.63, 3.8) is 0 Å². The van der Waals surface area contributed by atoms with Crippen LogP contribution in [0.25, 0.3) is 0 Å². The number of hydrogen-bond donors (Lipinski definition) is 1. The van der Waals surface area contributed by atoms with E-state index in [1.807, 2.05) is 13.0 Å². The fourth-order valence-electron chi connectivity index (χ4n) is 2.38. The maximum atomic E-state index is 13.0. The summed E-state index contributed by atoms with van der Waals surface area (Å²) in [5, 5.41) is 0. The lowest BCUT2D eigenvalue weighted by Gasteiger charge is -2.28. The zero-order chi connectivity index (χ0) is 12.3. The van der Waals surface area contributed by atoms with E-state index in [-0.39, 0.29) is 18.0 Å². The molecule has 94 valence electrons. The molecule has 1 saturated heterocycles. The number of ether oxygens (including phenoxy) is 1. The third-order valence-corrected chi connectivity index (χ3v) is 3.45. The van der Waals surface area contributed by atoms with E-state index in [1.165, 1.54) is 12.5 Å². The van der Waals surface area contributed by atoms with E-state index in [9.17, 15) is 4.39 Å². The highest BCUT2D eigenvalue weighted by atomic mass is 19.1. The normalized spacial score (nSPS) is 22.4. The molecule has 0 bridgehead atoms. The molecule has 0 radical (unpaired) electrons. The summed E-state index contributed by atoms with van der Waals surface area (Å²) in [7, 11) is 0. The molecular formula is C14H20FNO. The van der Waals surface area contributed by atoms with Crippen molar-refractivity contribution < 1.29 is 9.13 Å². The Morgan fingerprint density at radius 2 is 2.29 bits per heavy atom. The van der Waals surface area contributed by atoms with Crippen LogP contribution in [-0.4, -0.2) is 18.8 Å². The van der Waals surface area contributed by atoms with Crippen molar-refractivity contribution in [2.24, 2.45) is 5.73 Å². The molecule has 2 nitrogen and oxygen atoms in total. The van der Waals surface area contributed by atoms with E-state index < -0.39 is 0 Å². The van der Waals surface area contributed by atoms with E-state index >= 15 is 0 Å². The van der Waals surface area contributed by atoms with Gasteiger partial charge in [0.1, 0.15) is 5.82 Å². The van der Waals surface area contributed by atoms with Crippen LogP contribution in [0.2, 0.25) is 0 Å². The van der Waals surface area contributed by atoms with Crippen LogP contribution < -0.4 is 5.73 Å². The van der Waals surface area contributed by atoms with Gasteiger partial charge in [-0.05, 0) is 55.9 Å². The van der Waals surface area contributed by atoms with Crippen LogP contribution in [0.1, 0.15) is 30.4 Å². The maximum absolute atomic E-state index is 13.0. The zero-order valence-electron chi connectivity index (χ0n) is 10.3. The number of nitrogens with two attached hydrogens (primary N) is 1. The number of aryl methyl sites for hydroxylation is 1. The van der Waals surface area contributed by atoms with Crippen molar-refractivity contribution >= 4 is 0 Å². The van der Waals surface area contributed by atoms with Gasteiger partial charge in [0.05, 0.1) is 6.10 Å². The average molecular weight is 237 g/mol. The maximum Gasteiger partial charge on any atom is 0.123 e. The molecule has 2 rings (SSSR count). The Kier molecular flexibility index (Phi) is 4.13. The summed E-state index contributed by atoms with van der Waals surface area (Å²) in [4.78, 5) is 0. The van der Waals surface area contributed by atoms with Gasteiger partial charge in [-0.15, -0.1) is 0 Å². The summed E-state index contributed by atoms with van der Waals surface area (Å²) < 4.78 is 18.7. The van der Waals surface area contributed by atoms with Crippen molar-refractivity contribution in [3.8, 4) is 0 Å². The van der Waals surface area contributed by atoms with E-state index in [0.29, 0.717) is 0 Å². The molecule has 0 aromatic heterocycles. The standard InChI is InChI=1S/C14H20FNO/c1-10-8-12(15)6-5-11(10)9-13(16)14-4-2-3-7-17-14/h5-6,8,13-14H,2-4,7,9,16H2,1H3. The van der Waals surface area contributed by atoms with Crippen molar-refractivity contribution in [1.82, 2.24) is 0 Å². The Bertz CT molecular complexity index is 374. The smallest absolute Gasteiger partial charge is 0.123 e. The first-order chi connectivity index (χ1) is 8.16. The minimum Gasteiger partial charge on any atom is -0.377 e. The second-order valence-corrected chi connectivity index (χ2v) is 4.84. The van der Waals surface area contributed by atoms with Gasteiger partial charge in [0.2, 0.25) is 0 Å². The molecule has 1 aromatic carbocycles. The Morgan fingerprint density at radius 3 is 2.94 bits per heavy atom. The number of hydrogen-bond acceptors (Lipinski definition) is 2. The number of halogens is 1. The van der Waals surface area contributed by atoms with Gasteiger partial charge in [-0.25, -0.2) is 4.39 Å². The Hall–Kier alpha value is -0.930. The number of rotatable bonds is 3. The highest BCUT2D eigenvalue weighted by molar-refractivity contribution is 5.27. The van der Waals surface area contributed by atoms with Crippen LogP contribution in [0, 0.1) is 12.7 Å². The van der Waals surface area contributed by atoms with Gasteiger partial charge in [0, 0.05) is 12.6 Å². The lowest BCUT2D eigenvalue weighted by Crippen LogP contribution is -2.40. The Labute approximate surface area is 102 Å². The van der Waals surface area contributed by atoms with E-state index in [4.69, 9.17) is 10.5 Å².